The number of hydrogen-bond acceptors (Lipinski definition) is 3. The summed E-state index contributed by atoms with van der Waals surface area (Å²) in [6.07, 6.45) is 0.737. The third-order valence-corrected chi connectivity index (χ3v) is 4.70. The van der Waals surface area contributed by atoms with Gasteiger partial charge in [0.05, 0.1) is 12.8 Å². The molecule has 0 aromatic carbocycles. The lowest BCUT2D eigenvalue weighted by Crippen LogP contribution is -2.10. The number of ether oxygens (including phenoxy) is 2. The van der Waals surface area contributed by atoms with Gasteiger partial charge < -0.3 is 13.9 Å². The van der Waals surface area contributed by atoms with Gasteiger partial charge in [-0.1, -0.05) is 17.3 Å². The van der Waals surface area contributed by atoms with Crippen molar-refractivity contribution < 1.29 is 13.9 Å². The summed E-state index contributed by atoms with van der Waals surface area (Å²) in [5, 5.41) is 1.54. The Bertz CT molecular complexity index is 171. The minimum Gasteiger partial charge on any atom is -0.425 e. The zero-order chi connectivity index (χ0) is 10.8. The molecule has 0 aliphatic rings. The summed E-state index contributed by atoms with van der Waals surface area (Å²) in [5.74, 6) is 0. The zero-order valence-corrected chi connectivity index (χ0v) is 12.6. The molecule has 0 heterocycles. The molecule has 0 saturated carbocycles. The van der Waals surface area contributed by atoms with E-state index >= 15 is 0 Å². The topological polar surface area (TPSA) is 27.7 Å². The van der Waals surface area contributed by atoms with Crippen LogP contribution in [-0.4, -0.2) is 46.0 Å². The second-order valence-electron chi connectivity index (χ2n) is 3.28. The van der Waals surface area contributed by atoms with Crippen molar-refractivity contribution in [3.05, 3.63) is 10.8 Å². The maximum atomic E-state index is 5.37. The number of allylic oxidation sites excluding steroid dienone is 1. The van der Waals surface area contributed by atoms with Gasteiger partial charge in [-0.2, -0.15) is 0 Å². The molecule has 0 saturated heterocycles. The molecule has 0 rings (SSSR count). The zero-order valence-electron chi connectivity index (χ0n) is 9.76. The molecule has 0 aromatic heterocycles. The van der Waals surface area contributed by atoms with Gasteiger partial charge in [0.1, 0.15) is 6.79 Å². The van der Waals surface area contributed by atoms with Gasteiger partial charge in [-0.15, -0.1) is 0 Å². The summed E-state index contributed by atoms with van der Waals surface area (Å²) < 4.78 is 15.6. The smallest absolute Gasteiger partial charge is 0.186 e. The molecule has 3 nitrogen and oxygen atoms in total. The molecule has 84 valence electrons. The standard InChI is InChI=1S/C9H22O3Si2/c1-8(9(2)13-4)5-11-6-12-7-14-10-3/h5-7,13-14H2,1-4H3/b9-8+. The Labute approximate surface area is 91.6 Å². The fraction of sp³-hybridized carbons (Fsp3) is 0.778. The molecule has 5 heteroatoms. The van der Waals surface area contributed by atoms with Gasteiger partial charge >= 0.3 is 0 Å². The molecule has 0 atom stereocenters. The lowest BCUT2D eigenvalue weighted by atomic mass is 10.3. The Morgan fingerprint density at radius 3 is 2.50 bits per heavy atom. The maximum Gasteiger partial charge on any atom is 0.186 e. The van der Waals surface area contributed by atoms with E-state index in [1.165, 1.54) is 10.8 Å². The molecule has 0 bridgehead atoms. The Balaban J connectivity index is 3.36. The van der Waals surface area contributed by atoms with Crippen molar-refractivity contribution in [2.75, 3.05) is 26.7 Å². The van der Waals surface area contributed by atoms with E-state index in [1.54, 1.807) is 7.11 Å². The highest BCUT2D eigenvalue weighted by atomic mass is 28.2. The van der Waals surface area contributed by atoms with Crippen LogP contribution in [0.2, 0.25) is 6.55 Å². The molecule has 0 aromatic rings. The van der Waals surface area contributed by atoms with Crippen LogP contribution in [0.15, 0.2) is 10.8 Å². The molecule has 0 aliphatic heterocycles. The van der Waals surface area contributed by atoms with Gasteiger partial charge in [0.15, 0.2) is 9.76 Å². The summed E-state index contributed by atoms with van der Waals surface area (Å²) in [7, 11) is 1.26. The second kappa shape index (κ2) is 9.60. The summed E-state index contributed by atoms with van der Waals surface area (Å²) >= 11 is 0. The Kier molecular flexibility index (Phi) is 9.64. The molecule has 0 unspecified atom stereocenters. The normalized spacial score (nSPS) is 14.6. The van der Waals surface area contributed by atoms with E-state index in [0.29, 0.717) is 13.4 Å². The molecule has 14 heavy (non-hydrogen) atoms. The Morgan fingerprint density at radius 2 is 1.93 bits per heavy atom. The van der Waals surface area contributed by atoms with E-state index in [0.717, 1.165) is 6.23 Å². The van der Waals surface area contributed by atoms with Crippen LogP contribution in [0.25, 0.3) is 0 Å². The maximum absolute atomic E-state index is 5.37. The van der Waals surface area contributed by atoms with E-state index in [-0.39, 0.29) is 9.52 Å². The molecular weight excluding hydrogens is 212 g/mol. The molecule has 0 amide bonds. The molecule has 0 spiro atoms. The lowest BCUT2D eigenvalue weighted by Gasteiger charge is -2.07. The predicted octanol–water partition coefficient (Wildman–Crippen LogP) is 0.176. The highest BCUT2D eigenvalue weighted by molar-refractivity contribution is 6.43. The summed E-state index contributed by atoms with van der Waals surface area (Å²) in [5.41, 5.74) is 1.37. The van der Waals surface area contributed by atoms with E-state index in [1.807, 2.05) is 0 Å². The minimum atomic E-state index is -0.453. The summed E-state index contributed by atoms with van der Waals surface area (Å²) in [6, 6.07) is 0. The van der Waals surface area contributed by atoms with Crippen molar-refractivity contribution in [3.63, 3.8) is 0 Å². The first kappa shape index (κ1) is 14.1. The Hall–Kier alpha value is 0.0538. The monoisotopic (exact) mass is 234 g/mol. The van der Waals surface area contributed by atoms with E-state index < -0.39 is 9.76 Å². The quantitative estimate of drug-likeness (QED) is 0.341. The van der Waals surface area contributed by atoms with E-state index in [2.05, 4.69) is 20.4 Å². The van der Waals surface area contributed by atoms with E-state index in [4.69, 9.17) is 13.9 Å². The fourth-order valence-corrected chi connectivity index (χ4v) is 1.99. The van der Waals surface area contributed by atoms with Crippen molar-refractivity contribution in [2.24, 2.45) is 0 Å². The van der Waals surface area contributed by atoms with E-state index in [9.17, 15) is 0 Å². The molecule has 0 fully saturated rings. The molecule has 0 aliphatic carbocycles. The first-order valence-electron chi connectivity index (χ1n) is 5.02. The highest BCUT2D eigenvalue weighted by Crippen LogP contribution is 2.01. The van der Waals surface area contributed by atoms with Crippen molar-refractivity contribution in [1.82, 2.24) is 0 Å². The molecular formula is C9H22O3Si2. The Morgan fingerprint density at radius 1 is 1.21 bits per heavy atom. The lowest BCUT2D eigenvalue weighted by molar-refractivity contribution is -0.0317. The SMILES string of the molecule is CO[SiH2]COCOC/C(C)=C(\C)[SiH2]C. The average molecular weight is 234 g/mol. The van der Waals surface area contributed by atoms with Crippen molar-refractivity contribution >= 4 is 19.3 Å². The third-order valence-electron chi connectivity index (χ3n) is 2.18. The number of hydrogen-bond donors (Lipinski definition) is 0. The van der Waals surface area contributed by atoms with Gasteiger partial charge in [0.2, 0.25) is 0 Å². The average Bonchev–Trinajstić information content (AvgIpc) is 2.21. The van der Waals surface area contributed by atoms with Crippen LogP contribution >= 0.6 is 0 Å². The van der Waals surface area contributed by atoms with Gasteiger partial charge in [-0.05, 0) is 13.8 Å². The third kappa shape index (κ3) is 7.46. The van der Waals surface area contributed by atoms with Crippen molar-refractivity contribution in [1.29, 1.82) is 0 Å². The van der Waals surface area contributed by atoms with Crippen LogP contribution in [0.4, 0.5) is 0 Å². The van der Waals surface area contributed by atoms with Crippen LogP contribution in [0.3, 0.4) is 0 Å². The van der Waals surface area contributed by atoms with Gasteiger partial charge in [-0.25, -0.2) is 0 Å². The fourth-order valence-electron chi connectivity index (χ4n) is 0.880. The van der Waals surface area contributed by atoms with Crippen LogP contribution in [-0.2, 0) is 13.9 Å². The van der Waals surface area contributed by atoms with Crippen LogP contribution in [0, 0.1) is 0 Å². The van der Waals surface area contributed by atoms with Crippen LogP contribution < -0.4 is 0 Å². The van der Waals surface area contributed by atoms with Gasteiger partial charge in [-0.3, -0.25) is 0 Å². The predicted molar refractivity (Wildman–Crippen MR) is 65.1 cm³/mol. The van der Waals surface area contributed by atoms with Crippen molar-refractivity contribution in [3.8, 4) is 0 Å². The van der Waals surface area contributed by atoms with Crippen molar-refractivity contribution in [2.45, 2.75) is 20.4 Å². The molecule has 0 radical (unpaired) electrons. The summed E-state index contributed by atoms with van der Waals surface area (Å²) in [4.78, 5) is 0. The van der Waals surface area contributed by atoms with Crippen LogP contribution in [0.5, 0.6) is 0 Å². The first-order chi connectivity index (χ1) is 6.72. The van der Waals surface area contributed by atoms with Crippen LogP contribution in [0.1, 0.15) is 13.8 Å². The largest absolute Gasteiger partial charge is 0.425 e. The summed E-state index contributed by atoms with van der Waals surface area (Å²) in [6.45, 7) is 7.73. The highest BCUT2D eigenvalue weighted by Gasteiger charge is 1.95. The van der Waals surface area contributed by atoms with Gasteiger partial charge in [0, 0.05) is 16.6 Å². The second-order valence-corrected chi connectivity index (χ2v) is 6.44. The first-order valence-corrected chi connectivity index (χ1v) is 8.71. The van der Waals surface area contributed by atoms with Gasteiger partial charge in [0.25, 0.3) is 0 Å². The minimum absolute atomic E-state index is 0.0110. The number of rotatable bonds is 8. The molecule has 0 N–H and O–H groups in total.